The van der Waals surface area contributed by atoms with Crippen LogP contribution in [-0.2, 0) is 0 Å². The number of benzene rings is 2. The maximum atomic E-state index is 12.0. The summed E-state index contributed by atoms with van der Waals surface area (Å²) in [5.74, 6) is -0.0360. The zero-order chi connectivity index (χ0) is 22.3. The maximum absolute atomic E-state index is 12.0. The van der Waals surface area contributed by atoms with Gasteiger partial charge in [0, 0.05) is 31.0 Å². The molecule has 31 heavy (non-hydrogen) atoms. The summed E-state index contributed by atoms with van der Waals surface area (Å²) in [5, 5.41) is 18.6. The lowest BCUT2D eigenvalue weighted by Crippen LogP contribution is -2.18. The van der Waals surface area contributed by atoms with Gasteiger partial charge in [-0.1, -0.05) is 41.2 Å². The number of hydrazone groups is 1. The highest BCUT2D eigenvalue weighted by molar-refractivity contribution is 7.17. The topological polar surface area (TPSA) is 88.7 Å². The SMILES string of the molecule is CC(=O)c1sc(N2N=C(c3cc(C)ccc3C)CC2c2cccc([N+](=O)[O-])c2)nc1C. The smallest absolute Gasteiger partial charge is 0.269 e. The number of aromatic nitrogens is 1. The Labute approximate surface area is 184 Å². The van der Waals surface area contributed by atoms with Crippen molar-refractivity contribution in [1.82, 2.24) is 4.98 Å². The molecule has 1 atom stereocenters. The Balaban J connectivity index is 1.83. The van der Waals surface area contributed by atoms with Gasteiger partial charge < -0.3 is 0 Å². The minimum absolute atomic E-state index is 0.0360. The van der Waals surface area contributed by atoms with Gasteiger partial charge >= 0.3 is 0 Å². The monoisotopic (exact) mass is 434 g/mol. The predicted molar refractivity (Wildman–Crippen MR) is 122 cm³/mol. The van der Waals surface area contributed by atoms with Crippen molar-refractivity contribution in [3.63, 3.8) is 0 Å². The molecule has 0 N–H and O–H groups in total. The van der Waals surface area contributed by atoms with Crippen molar-refractivity contribution in [1.29, 1.82) is 0 Å². The predicted octanol–water partition coefficient (Wildman–Crippen LogP) is 5.53. The zero-order valence-corrected chi connectivity index (χ0v) is 18.6. The quantitative estimate of drug-likeness (QED) is 0.299. The number of carbonyl (C=O) groups excluding carboxylic acids is 1. The van der Waals surface area contributed by atoms with Crippen molar-refractivity contribution in [2.45, 2.75) is 40.2 Å². The lowest BCUT2D eigenvalue weighted by Gasteiger charge is -2.21. The van der Waals surface area contributed by atoms with Crippen LogP contribution in [0.15, 0.2) is 47.6 Å². The summed E-state index contributed by atoms with van der Waals surface area (Å²) in [5.41, 5.74) is 5.70. The molecular weight excluding hydrogens is 412 g/mol. The third-order valence-electron chi connectivity index (χ3n) is 5.38. The van der Waals surface area contributed by atoms with E-state index in [1.807, 2.05) is 26.8 Å². The van der Waals surface area contributed by atoms with Crippen LogP contribution in [0, 0.1) is 30.9 Å². The molecule has 0 amide bonds. The molecule has 0 bridgehead atoms. The van der Waals surface area contributed by atoms with Gasteiger partial charge in [0.05, 0.1) is 27.2 Å². The van der Waals surface area contributed by atoms with E-state index in [2.05, 4.69) is 23.2 Å². The molecule has 1 aromatic heterocycles. The molecule has 7 nitrogen and oxygen atoms in total. The number of Topliss-reactive ketones (excluding diaryl/α,β-unsaturated/α-hetero) is 1. The highest BCUT2D eigenvalue weighted by Crippen LogP contribution is 2.40. The molecule has 0 radical (unpaired) electrons. The molecular formula is C23H22N4O3S. The van der Waals surface area contributed by atoms with Crippen molar-refractivity contribution in [2.75, 3.05) is 5.01 Å². The number of ketones is 1. The van der Waals surface area contributed by atoms with Crippen LogP contribution in [0.4, 0.5) is 10.8 Å². The average molecular weight is 435 g/mol. The van der Waals surface area contributed by atoms with Gasteiger partial charge in [0.25, 0.3) is 5.69 Å². The molecule has 3 aromatic rings. The Morgan fingerprint density at radius 2 is 1.97 bits per heavy atom. The first kappa shape index (κ1) is 20.9. The Hall–Kier alpha value is -3.39. The van der Waals surface area contributed by atoms with E-state index in [1.54, 1.807) is 17.1 Å². The van der Waals surface area contributed by atoms with Crippen molar-refractivity contribution in [3.8, 4) is 0 Å². The summed E-state index contributed by atoms with van der Waals surface area (Å²) in [6.07, 6.45) is 0.583. The highest BCUT2D eigenvalue weighted by Gasteiger charge is 2.33. The fourth-order valence-corrected chi connectivity index (χ4v) is 4.77. The van der Waals surface area contributed by atoms with Crippen molar-refractivity contribution in [3.05, 3.63) is 85.4 Å². The molecule has 1 aliphatic heterocycles. The summed E-state index contributed by atoms with van der Waals surface area (Å²) in [4.78, 5) is 28.1. The van der Waals surface area contributed by atoms with E-state index in [-0.39, 0.29) is 17.5 Å². The number of nitro benzene ring substituents is 1. The van der Waals surface area contributed by atoms with Gasteiger partial charge in [-0.2, -0.15) is 5.10 Å². The number of nitro groups is 1. The minimum Gasteiger partial charge on any atom is -0.294 e. The largest absolute Gasteiger partial charge is 0.294 e. The van der Waals surface area contributed by atoms with Gasteiger partial charge in [-0.05, 0) is 38.0 Å². The summed E-state index contributed by atoms with van der Waals surface area (Å²) in [7, 11) is 0. The number of rotatable bonds is 5. The number of thiazole rings is 1. The number of aryl methyl sites for hydroxylation is 3. The van der Waals surface area contributed by atoms with Gasteiger partial charge in [0.15, 0.2) is 5.78 Å². The van der Waals surface area contributed by atoms with Gasteiger partial charge in [-0.25, -0.2) is 9.99 Å². The third kappa shape index (κ3) is 3.98. The fourth-order valence-electron chi connectivity index (χ4n) is 3.81. The molecule has 4 rings (SSSR count). The number of hydrogen-bond acceptors (Lipinski definition) is 7. The van der Waals surface area contributed by atoms with Crippen LogP contribution in [-0.4, -0.2) is 21.4 Å². The van der Waals surface area contributed by atoms with E-state index in [9.17, 15) is 14.9 Å². The van der Waals surface area contributed by atoms with Crippen LogP contribution in [0.2, 0.25) is 0 Å². The third-order valence-corrected chi connectivity index (χ3v) is 6.63. The average Bonchev–Trinajstić information content (AvgIpc) is 3.34. The Morgan fingerprint density at radius 1 is 1.19 bits per heavy atom. The second-order valence-corrected chi connectivity index (χ2v) is 8.73. The van der Waals surface area contributed by atoms with Gasteiger partial charge in [-0.15, -0.1) is 0 Å². The lowest BCUT2D eigenvalue weighted by atomic mass is 9.95. The first-order valence-electron chi connectivity index (χ1n) is 9.91. The Kier molecular flexibility index (Phi) is 5.41. The fraction of sp³-hybridized carbons (Fsp3) is 0.261. The zero-order valence-electron chi connectivity index (χ0n) is 17.7. The first-order valence-corrected chi connectivity index (χ1v) is 10.7. The van der Waals surface area contributed by atoms with E-state index in [1.165, 1.54) is 24.3 Å². The van der Waals surface area contributed by atoms with E-state index in [4.69, 9.17) is 5.10 Å². The number of hydrogen-bond donors (Lipinski definition) is 0. The molecule has 0 saturated carbocycles. The number of nitrogens with zero attached hydrogens (tertiary/aromatic N) is 4. The second-order valence-electron chi connectivity index (χ2n) is 7.75. The van der Waals surface area contributed by atoms with Crippen LogP contribution >= 0.6 is 11.3 Å². The van der Waals surface area contributed by atoms with E-state index >= 15 is 0 Å². The Bertz CT molecular complexity index is 1230. The second kappa shape index (κ2) is 8.03. The molecule has 0 saturated heterocycles. The summed E-state index contributed by atoms with van der Waals surface area (Å²) < 4.78 is 0. The minimum atomic E-state index is -0.392. The van der Waals surface area contributed by atoms with Gasteiger partial charge in [0.2, 0.25) is 5.13 Å². The number of anilines is 1. The summed E-state index contributed by atoms with van der Waals surface area (Å²) in [6, 6.07) is 12.6. The van der Waals surface area contributed by atoms with E-state index < -0.39 is 4.92 Å². The van der Waals surface area contributed by atoms with Gasteiger partial charge in [0.1, 0.15) is 0 Å². The standard InChI is InChI=1S/C23H22N4O3S/c1-13-8-9-14(2)19(10-13)20-12-21(17-6-5-7-18(11-17)27(29)30)26(25-20)23-24-15(3)22(31-23)16(4)28/h5-11,21H,12H2,1-4H3. The Morgan fingerprint density at radius 3 is 2.65 bits per heavy atom. The lowest BCUT2D eigenvalue weighted by molar-refractivity contribution is -0.384. The van der Waals surface area contributed by atoms with Crippen LogP contribution in [0.25, 0.3) is 0 Å². The normalized spacial score (nSPS) is 15.8. The van der Waals surface area contributed by atoms with E-state index in [0.29, 0.717) is 22.1 Å². The van der Waals surface area contributed by atoms with Crippen LogP contribution < -0.4 is 5.01 Å². The molecule has 158 valence electrons. The van der Waals surface area contributed by atoms with Crippen molar-refractivity contribution < 1.29 is 9.72 Å². The maximum Gasteiger partial charge on any atom is 0.269 e. The number of carbonyl (C=O) groups is 1. The van der Waals surface area contributed by atoms with E-state index in [0.717, 1.165) is 28.0 Å². The molecule has 1 aliphatic rings. The molecule has 0 aliphatic carbocycles. The highest BCUT2D eigenvalue weighted by atomic mass is 32.1. The van der Waals surface area contributed by atoms with Crippen molar-refractivity contribution >= 4 is 33.7 Å². The summed E-state index contributed by atoms with van der Waals surface area (Å²) >= 11 is 1.30. The summed E-state index contributed by atoms with van der Waals surface area (Å²) in [6.45, 7) is 7.42. The van der Waals surface area contributed by atoms with Crippen molar-refractivity contribution in [2.24, 2.45) is 5.10 Å². The van der Waals surface area contributed by atoms with Crippen LogP contribution in [0.1, 0.15) is 57.0 Å². The number of non-ortho nitro benzene ring substituents is 1. The van der Waals surface area contributed by atoms with Crippen LogP contribution in [0.5, 0.6) is 0 Å². The molecule has 0 fully saturated rings. The molecule has 1 unspecified atom stereocenters. The van der Waals surface area contributed by atoms with Gasteiger partial charge in [-0.3, -0.25) is 14.9 Å². The first-order chi connectivity index (χ1) is 14.7. The molecule has 2 heterocycles. The molecule has 8 heteroatoms. The molecule has 2 aromatic carbocycles. The van der Waals surface area contributed by atoms with Crippen LogP contribution in [0.3, 0.4) is 0 Å². The molecule has 0 spiro atoms.